The van der Waals surface area contributed by atoms with Gasteiger partial charge < -0.3 is 0 Å². The van der Waals surface area contributed by atoms with Crippen LogP contribution in [-0.2, 0) is 19.5 Å². The summed E-state index contributed by atoms with van der Waals surface area (Å²) < 4.78 is 0. The molecule has 0 saturated carbocycles. The van der Waals surface area contributed by atoms with E-state index < -0.39 is 0 Å². The van der Waals surface area contributed by atoms with E-state index >= 15 is 0 Å². The Morgan fingerprint density at radius 2 is 1.00 bits per heavy atom. The van der Waals surface area contributed by atoms with Gasteiger partial charge in [-0.05, 0) is 0 Å². The maximum atomic E-state index is 0. The molecule has 0 radical (unpaired) electrons. The van der Waals surface area contributed by atoms with Gasteiger partial charge in [0, 0.05) is 19.5 Å². The molecule has 0 fully saturated rings. The van der Waals surface area contributed by atoms with Crippen LogP contribution in [-0.4, -0.2) is 85.7 Å². The summed E-state index contributed by atoms with van der Waals surface area (Å²) in [5.74, 6) is 0. The summed E-state index contributed by atoms with van der Waals surface area (Å²) in [6, 6.07) is 0. The maximum Gasteiger partial charge on any atom is 0 e. The van der Waals surface area contributed by atoms with Crippen LogP contribution in [0.2, 0.25) is 0 Å². The minimum atomic E-state index is 0. The maximum absolute atomic E-state index is 0. The first-order chi connectivity index (χ1) is 0. The molecule has 0 bridgehead atoms. The van der Waals surface area contributed by atoms with Crippen molar-refractivity contribution in [2.75, 3.05) is 0 Å². The van der Waals surface area contributed by atoms with Crippen molar-refractivity contribution in [2.45, 2.75) is 0 Å². The molecule has 0 unspecified atom stereocenters. The van der Waals surface area contributed by atoms with Crippen molar-refractivity contribution >= 4 is 85.7 Å². The molecule has 0 amide bonds. The van der Waals surface area contributed by atoms with E-state index in [1.807, 2.05) is 0 Å². The van der Waals surface area contributed by atoms with Gasteiger partial charge in [0.05, 0.1) is 0 Å². The van der Waals surface area contributed by atoms with Gasteiger partial charge in [-0.25, -0.2) is 0 Å². The SMILES string of the molecule is [BaH2].[GaH3].[SeH2].[Zn]. The first kappa shape index (κ1) is 26.4. The van der Waals surface area contributed by atoms with Gasteiger partial charge >= 0.3 is 85.7 Å². The second kappa shape index (κ2) is 16.2. The van der Waals surface area contributed by atoms with E-state index in [-0.39, 0.29) is 105 Å². The van der Waals surface area contributed by atoms with Crippen LogP contribution in [0.25, 0.3) is 0 Å². The molecule has 20 valence electrons. The van der Waals surface area contributed by atoms with Crippen LogP contribution in [0.3, 0.4) is 0 Å². The molecule has 4 heteroatoms. The molecule has 0 aliphatic heterocycles. The van der Waals surface area contributed by atoms with E-state index in [1.165, 1.54) is 0 Å². The molecule has 0 saturated heterocycles. The third-order valence-corrected chi connectivity index (χ3v) is 0. The van der Waals surface area contributed by atoms with E-state index in [4.69, 9.17) is 0 Å². The predicted octanol–water partition coefficient (Wildman–Crippen LogP) is -3.02. The quantitative estimate of drug-likeness (QED) is 0.405. The molecule has 0 aromatic rings. The fraction of sp³-hybridized carbons (Fsp3) is 0. The summed E-state index contributed by atoms with van der Waals surface area (Å²) in [5, 5.41) is 0. The Morgan fingerprint density at radius 3 is 1.00 bits per heavy atom. The Kier molecular flexibility index (Phi) is 107. The van der Waals surface area contributed by atoms with Crippen LogP contribution in [0.1, 0.15) is 0 Å². The van der Waals surface area contributed by atoms with Crippen molar-refractivity contribution in [3.05, 3.63) is 0 Å². The van der Waals surface area contributed by atoms with Gasteiger partial charge in [-0.2, -0.15) is 0 Å². The average molecular weight is 358 g/mol. The standard InChI is InChI=1S/Ba.Ga.H2Se.Zn.5H/h;;1H2;;;;;;. The Morgan fingerprint density at radius 1 is 1.00 bits per heavy atom. The van der Waals surface area contributed by atoms with Gasteiger partial charge in [0.1, 0.15) is 0 Å². The third-order valence-electron chi connectivity index (χ3n) is 0. The molecule has 0 aliphatic rings. The summed E-state index contributed by atoms with van der Waals surface area (Å²) in [6.07, 6.45) is 0. The minimum absolute atomic E-state index is 0. The van der Waals surface area contributed by atoms with Gasteiger partial charge in [-0.3, -0.25) is 0 Å². The molecule has 0 aromatic heterocycles. The van der Waals surface area contributed by atoms with Gasteiger partial charge in [-0.15, -0.1) is 0 Å². The predicted molar refractivity (Wildman–Crippen MR) is 27.0 cm³/mol. The van der Waals surface area contributed by atoms with Crippen molar-refractivity contribution < 1.29 is 19.5 Å². The fourth-order valence-corrected chi connectivity index (χ4v) is 0. The molecule has 0 rings (SSSR count). The number of rotatable bonds is 0. The molecule has 0 heterocycles. The third kappa shape index (κ3) is 9.02. The Hall–Kier alpha value is 3.35. The van der Waals surface area contributed by atoms with Gasteiger partial charge in [0.25, 0.3) is 0 Å². The molecule has 0 aromatic carbocycles. The summed E-state index contributed by atoms with van der Waals surface area (Å²) in [5.41, 5.74) is 0. The average Bonchev–Trinajstić information content (AvgIpc) is 0. The number of hydrogen-bond acceptors (Lipinski definition) is 0. The van der Waals surface area contributed by atoms with E-state index in [9.17, 15) is 0 Å². The molecule has 0 N–H and O–H groups in total. The fourth-order valence-electron chi connectivity index (χ4n) is 0. The first-order valence-electron chi connectivity index (χ1n) is 0. The van der Waals surface area contributed by atoms with E-state index in [1.54, 1.807) is 0 Å². The summed E-state index contributed by atoms with van der Waals surface area (Å²) in [6.45, 7) is 0. The zero-order chi connectivity index (χ0) is 0. The smallest absolute Gasteiger partial charge is 0 e. The Labute approximate surface area is 103 Å². The van der Waals surface area contributed by atoms with Crippen molar-refractivity contribution in [1.82, 2.24) is 0 Å². The molecular weight excluding hydrogens is 351 g/mol. The largest absolute Gasteiger partial charge is 0 e. The van der Waals surface area contributed by atoms with Gasteiger partial charge in [0.15, 0.2) is 0 Å². The summed E-state index contributed by atoms with van der Waals surface area (Å²) in [4.78, 5) is 0. The topological polar surface area (TPSA) is 0 Å². The van der Waals surface area contributed by atoms with Crippen LogP contribution in [0.4, 0.5) is 0 Å². The van der Waals surface area contributed by atoms with Crippen molar-refractivity contribution in [2.24, 2.45) is 0 Å². The van der Waals surface area contributed by atoms with Gasteiger partial charge in [0.2, 0.25) is 0 Å². The zero-order valence-electron chi connectivity index (χ0n) is 1.21. The summed E-state index contributed by atoms with van der Waals surface area (Å²) in [7, 11) is 0. The van der Waals surface area contributed by atoms with E-state index in [0.29, 0.717) is 0 Å². The molecule has 0 atom stereocenters. The van der Waals surface area contributed by atoms with Gasteiger partial charge in [-0.1, -0.05) is 0 Å². The molecule has 4 heavy (non-hydrogen) atoms. The van der Waals surface area contributed by atoms with Crippen LogP contribution < -0.4 is 0 Å². The van der Waals surface area contributed by atoms with E-state index in [0.717, 1.165) is 0 Å². The first-order valence-corrected chi connectivity index (χ1v) is 0. The second-order valence-electron chi connectivity index (χ2n) is 0. The molecule has 0 aliphatic carbocycles. The van der Waals surface area contributed by atoms with Crippen molar-refractivity contribution in [3.8, 4) is 0 Å². The van der Waals surface area contributed by atoms with Crippen molar-refractivity contribution in [1.29, 1.82) is 0 Å². The minimum Gasteiger partial charge on any atom is 0 e. The monoisotopic (exact) mass is 358 g/mol. The van der Waals surface area contributed by atoms with Crippen LogP contribution >= 0.6 is 0 Å². The molecule has 0 nitrogen and oxygen atoms in total. The zero-order valence-corrected chi connectivity index (χ0v) is 6.27. The Balaban J connectivity index is 0. The summed E-state index contributed by atoms with van der Waals surface area (Å²) >= 11 is 0. The Bertz CT molecular complexity index is 8.00. The van der Waals surface area contributed by atoms with E-state index in [2.05, 4.69) is 0 Å². The second-order valence-corrected chi connectivity index (χ2v) is 0. The molecular formula is H7BaGaSeZn. The molecule has 0 spiro atoms. The van der Waals surface area contributed by atoms with Crippen molar-refractivity contribution in [3.63, 3.8) is 0 Å². The van der Waals surface area contributed by atoms with Crippen LogP contribution in [0.5, 0.6) is 0 Å². The number of hydrogen-bond donors (Lipinski definition) is 0. The van der Waals surface area contributed by atoms with Crippen LogP contribution in [0.15, 0.2) is 0 Å². The van der Waals surface area contributed by atoms with Crippen LogP contribution in [0, 0.1) is 0 Å². The normalized spacial score (nSPS) is 0.